The summed E-state index contributed by atoms with van der Waals surface area (Å²) in [7, 11) is 1.73. The molecule has 0 aliphatic rings. The van der Waals surface area contributed by atoms with Crippen LogP contribution in [0.5, 0.6) is 0 Å². The van der Waals surface area contributed by atoms with Crippen molar-refractivity contribution in [3.8, 4) is 0 Å². The highest BCUT2D eigenvalue weighted by Gasteiger charge is 1.85. The lowest BCUT2D eigenvalue weighted by molar-refractivity contribution is 0.193. The lowest BCUT2D eigenvalue weighted by atomic mass is 10.3. The van der Waals surface area contributed by atoms with Crippen molar-refractivity contribution in [3.05, 3.63) is 12.2 Å². The lowest BCUT2D eigenvalue weighted by Gasteiger charge is -2.00. The van der Waals surface area contributed by atoms with Crippen LogP contribution in [0.25, 0.3) is 0 Å². The highest BCUT2D eigenvalue weighted by molar-refractivity contribution is 6.18. The van der Waals surface area contributed by atoms with Crippen LogP contribution < -0.4 is 5.32 Å². The molecule has 0 atom stereocenters. The summed E-state index contributed by atoms with van der Waals surface area (Å²) < 4.78 is 4.93. The summed E-state index contributed by atoms with van der Waals surface area (Å²) >= 11 is 5.45. The number of hydrogen-bond donors (Lipinski definition) is 1. The van der Waals surface area contributed by atoms with Gasteiger partial charge in [0, 0.05) is 26.1 Å². The third kappa shape index (κ3) is 9.95. The summed E-state index contributed by atoms with van der Waals surface area (Å²) in [5, 5.41) is 3.28. The molecule has 0 unspecified atom stereocenters. The monoisotopic (exact) mass is 191 g/mol. The SMILES string of the molecule is COCCCCNC/C=C/CCl. The molecule has 0 rings (SSSR count). The second-order valence-corrected chi connectivity index (χ2v) is 2.84. The third-order valence-corrected chi connectivity index (χ3v) is 1.65. The number of ether oxygens (including phenoxy) is 1. The van der Waals surface area contributed by atoms with E-state index in [0.29, 0.717) is 5.88 Å². The lowest BCUT2D eigenvalue weighted by Crippen LogP contribution is -2.15. The quantitative estimate of drug-likeness (QED) is 0.359. The van der Waals surface area contributed by atoms with Crippen LogP contribution in [0.2, 0.25) is 0 Å². The maximum atomic E-state index is 5.45. The molecule has 0 aromatic carbocycles. The van der Waals surface area contributed by atoms with Crippen LogP contribution in [-0.2, 0) is 4.74 Å². The largest absolute Gasteiger partial charge is 0.385 e. The summed E-state index contributed by atoms with van der Waals surface area (Å²) in [5.74, 6) is 0.603. The van der Waals surface area contributed by atoms with E-state index < -0.39 is 0 Å². The van der Waals surface area contributed by atoms with Gasteiger partial charge in [0.05, 0.1) is 0 Å². The normalized spacial score (nSPS) is 11.2. The molecule has 0 heterocycles. The second-order valence-electron chi connectivity index (χ2n) is 2.53. The highest BCUT2D eigenvalue weighted by Crippen LogP contribution is 1.86. The van der Waals surface area contributed by atoms with Gasteiger partial charge in [0.25, 0.3) is 0 Å². The molecule has 0 radical (unpaired) electrons. The second kappa shape index (κ2) is 11.0. The maximum Gasteiger partial charge on any atom is 0.0462 e. The Balaban J connectivity index is 2.86. The third-order valence-electron chi connectivity index (χ3n) is 1.47. The van der Waals surface area contributed by atoms with Gasteiger partial charge in [0.15, 0.2) is 0 Å². The van der Waals surface area contributed by atoms with E-state index in [1.165, 1.54) is 6.42 Å². The minimum absolute atomic E-state index is 0.603. The molecular formula is C9H18ClNO. The highest BCUT2D eigenvalue weighted by atomic mass is 35.5. The Bertz CT molecular complexity index is 107. The van der Waals surface area contributed by atoms with Gasteiger partial charge in [0.1, 0.15) is 0 Å². The van der Waals surface area contributed by atoms with Gasteiger partial charge in [-0.2, -0.15) is 0 Å². The summed E-state index contributed by atoms with van der Waals surface area (Å²) in [4.78, 5) is 0. The Kier molecular flexibility index (Phi) is 10.9. The number of halogens is 1. The molecule has 0 amide bonds. The van der Waals surface area contributed by atoms with E-state index in [2.05, 4.69) is 5.32 Å². The van der Waals surface area contributed by atoms with Crippen molar-refractivity contribution in [1.82, 2.24) is 5.32 Å². The fraction of sp³-hybridized carbons (Fsp3) is 0.778. The predicted octanol–water partition coefficient (Wildman–Crippen LogP) is 1.80. The van der Waals surface area contributed by atoms with Crippen molar-refractivity contribution in [2.75, 3.05) is 32.7 Å². The zero-order valence-corrected chi connectivity index (χ0v) is 8.44. The minimum atomic E-state index is 0.603. The first kappa shape index (κ1) is 11.9. The van der Waals surface area contributed by atoms with Crippen LogP contribution in [0.1, 0.15) is 12.8 Å². The summed E-state index contributed by atoms with van der Waals surface area (Å²) in [6.07, 6.45) is 6.29. The van der Waals surface area contributed by atoms with E-state index in [1.807, 2.05) is 12.2 Å². The Hall–Kier alpha value is -0.0500. The standard InChI is InChI=1S/C9H18ClNO/c1-12-9-5-4-8-11-7-3-2-6-10/h2-3,11H,4-9H2,1H3/b3-2+. The number of allylic oxidation sites excluding steroid dienone is 1. The van der Waals surface area contributed by atoms with Crippen molar-refractivity contribution in [1.29, 1.82) is 0 Å². The van der Waals surface area contributed by atoms with E-state index in [9.17, 15) is 0 Å². The van der Waals surface area contributed by atoms with Crippen molar-refractivity contribution in [2.24, 2.45) is 0 Å². The first-order valence-electron chi connectivity index (χ1n) is 4.32. The average Bonchev–Trinajstić information content (AvgIpc) is 2.10. The van der Waals surface area contributed by atoms with Gasteiger partial charge in [-0.25, -0.2) is 0 Å². The zero-order chi connectivity index (χ0) is 9.07. The number of nitrogens with one attached hydrogen (secondary N) is 1. The molecule has 0 saturated heterocycles. The summed E-state index contributed by atoms with van der Waals surface area (Å²) in [6, 6.07) is 0. The maximum absolute atomic E-state index is 5.45. The molecule has 72 valence electrons. The predicted molar refractivity (Wildman–Crippen MR) is 53.8 cm³/mol. The Morgan fingerprint density at radius 1 is 1.33 bits per heavy atom. The van der Waals surface area contributed by atoms with Gasteiger partial charge >= 0.3 is 0 Å². The Morgan fingerprint density at radius 2 is 2.17 bits per heavy atom. The molecule has 0 fully saturated rings. The van der Waals surface area contributed by atoms with Gasteiger partial charge in [-0.05, 0) is 19.4 Å². The topological polar surface area (TPSA) is 21.3 Å². The van der Waals surface area contributed by atoms with Crippen LogP contribution in [0.4, 0.5) is 0 Å². The van der Waals surface area contributed by atoms with E-state index in [4.69, 9.17) is 16.3 Å². The van der Waals surface area contributed by atoms with Crippen LogP contribution >= 0.6 is 11.6 Å². The number of methoxy groups -OCH3 is 1. The Morgan fingerprint density at radius 3 is 2.83 bits per heavy atom. The van der Waals surface area contributed by atoms with Crippen molar-refractivity contribution in [3.63, 3.8) is 0 Å². The van der Waals surface area contributed by atoms with Crippen molar-refractivity contribution >= 4 is 11.6 Å². The molecule has 0 aliphatic carbocycles. The van der Waals surface area contributed by atoms with Gasteiger partial charge in [0.2, 0.25) is 0 Å². The molecule has 0 bridgehead atoms. The van der Waals surface area contributed by atoms with Crippen LogP contribution in [-0.4, -0.2) is 32.7 Å². The van der Waals surface area contributed by atoms with E-state index in [1.54, 1.807) is 7.11 Å². The first-order chi connectivity index (χ1) is 5.91. The van der Waals surface area contributed by atoms with E-state index in [0.717, 1.165) is 26.1 Å². The molecule has 0 saturated carbocycles. The van der Waals surface area contributed by atoms with Gasteiger partial charge < -0.3 is 10.1 Å². The molecular weight excluding hydrogens is 174 g/mol. The number of alkyl halides is 1. The van der Waals surface area contributed by atoms with Gasteiger partial charge in [-0.3, -0.25) is 0 Å². The number of rotatable bonds is 8. The number of unbranched alkanes of at least 4 members (excludes halogenated alkanes) is 1. The van der Waals surface area contributed by atoms with Crippen molar-refractivity contribution < 1.29 is 4.74 Å². The summed E-state index contributed by atoms with van der Waals surface area (Å²) in [5.41, 5.74) is 0. The molecule has 12 heavy (non-hydrogen) atoms. The molecule has 2 nitrogen and oxygen atoms in total. The van der Waals surface area contributed by atoms with Crippen molar-refractivity contribution in [2.45, 2.75) is 12.8 Å². The van der Waals surface area contributed by atoms with Gasteiger partial charge in [-0.1, -0.05) is 12.2 Å². The molecule has 3 heteroatoms. The zero-order valence-electron chi connectivity index (χ0n) is 7.68. The van der Waals surface area contributed by atoms with E-state index >= 15 is 0 Å². The van der Waals surface area contributed by atoms with Crippen LogP contribution in [0.15, 0.2) is 12.2 Å². The molecule has 0 aromatic heterocycles. The van der Waals surface area contributed by atoms with Gasteiger partial charge in [-0.15, -0.1) is 11.6 Å². The molecule has 0 aliphatic heterocycles. The molecule has 0 aromatic rings. The van der Waals surface area contributed by atoms with Crippen LogP contribution in [0.3, 0.4) is 0 Å². The van der Waals surface area contributed by atoms with E-state index in [-0.39, 0.29) is 0 Å². The minimum Gasteiger partial charge on any atom is -0.385 e. The fourth-order valence-electron chi connectivity index (χ4n) is 0.828. The molecule has 0 spiro atoms. The average molecular weight is 192 g/mol. The Labute approximate surface area is 79.9 Å². The fourth-order valence-corrected chi connectivity index (χ4v) is 0.954. The first-order valence-corrected chi connectivity index (χ1v) is 4.86. The number of hydrogen-bond acceptors (Lipinski definition) is 2. The summed E-state index contributed by atoms with van der Waals surface area (Å²) in [6.45, 7) is 2.83. The van der Waals surface area contributed by atoms with Crippen LogP contribution in [0, 0.1) is 0 Å². The smallest absolute Gasteiger partial charge is 0.0462 e. The molecule has 1 N–H and O–H groups in total.